The molecule has 18 atom stereocenters. The standard InChI is InChI=1S/C38H72N2O12.2H2O/c1-15-27-38(10,46)31(42)24(6)40(13)19-20(2)17-36(8,45)33(52-35-29(41)26(39(11)12)16-21(3)48-35)22(4)30(23(5)34(44)50-27)51-28-18-37(9,47-14)32(43)25(7)49-28;;/h20-33,35,41-43,45-46H,15-19H2,1-14H3;2*1H2/t20-,21-,22+,23-,24-,25+,26+,27-,28+,29-,30-,31+,32+,33-,35+,36-,37-,38-;;/m1../s1. The van der Waals surface area contributed by atoms with E-state index in [2.05, 4.69) is 0 Å². The summed E-state index contributed by atoms with van der Waals surface area (Å²) >= 11 is 0. The molecule has 3 aliphatic heterocycles. The van der Waals surface area contributed by atoms with E-state index in [0.29, 0.717) is 13.0 Å². The molecule has 3 aliphatic rings. The maximum atomic E-state index is 14.2. The summed E-state index contributed by atoms with van der Waals surface area (Å²) in [5.74, 6) is -2.58. The van der Waals surface area contributed by atoms with Crippen molar-refractivity contribution in [2.24, 2.45) is 17.8 Å². The van der Waals surface area contributed by atoms with Gasteiger partial charge in [0.15, 0.2) is 12.6 Å². The summed E-state index contributed by atoms with van der Waals surface area (Å²) in [6.45, 7) is 18.0. The highest BCUT2D eigenvalue weighted by Gasteiger charge is 2.52. The fraction of sp³-hybridized carbons (Fsp3) is 0.974. The molecule has 16 heteroatoms. The van der Waals surface area contributed by atoms with E-state index in [1.807, 2.05) is 51.7 Å². The molecular weight excluding hydrogens is 708 g/mol. The van der Waals surface area contributed by atoms with Crippen molar-refractivity contribution in [3.8, 4) is 0 Å². The number of rotatable bonds is 7. The molecule has 0 aliphatic carbocycles. The van der Waals surface area contributed by atoms with Crippen molar-refractivity contribution in [3.63, 3.8) is 0 Å². The molecule has 0 aromatic heterocycles. The first-order valence-electron chi connectivity index (χ1n) is 19.1. The van der Waals surface area contributed by atoms with Crippen molar-refractivity contribution in [1.29, 1.82) is 0 Å². The van der Waals surface area contributed by atoms with Crippen LogP contribution in [0.1, 0.15) is 94.9 Å². The lowest BCUT2D eigenvalue weighted by molar-refractivity contribution is -0.318. The van der Waals surface area contributed by atoms with Gasteiger partial charge in [0.2, 0.25) is 0 Å². The molecule has 0 spiro atoms. The molecule has 0 radical (unpaired) electrons. The summed E-state index contributed by atoms with van der Waals surface area (Å²) in [4.78, 5) is 18.0. The Morgan fingerprint density at radius 1 is 0.926 bits per heavy atom. The second-order valence-corrected chi connectivity index (χ2v) is 17.2. The van der Waals surface area contributed by atoms with Crippen LogP contribution < -0.4 is 0 Å². The van der Waals surface area contributed by atoms with E-state index in [1.54, 1.807) is 41.5 Å². The third kappa shape index (κ3) is 11.3. The molecule has 0 saturated carbocycles. The minimum absolute atomic E-state index is 0. The third-order valence-electron chi connectivity index (χ3n) is 12.2. The number of carbonyl (C=O) groups excluding carboxylic acids is 1. The van der Waals surface area contributed by atoms with Crippen molar-refractivity contribution in [3.05, 3.63) is 0 Å². The Hall–Kier alpha value is -1.09. The number of methoxy groups -OCH3 is 1. The largest absolute Gasteiger partial charge is 0.459 e. The number of aliphatic hydroxyl groups excluding tert-OH is 3. The van der Waals surface area contributed by atoms with Gasteiger partial charge in [-0.15, -0.1) is 0 Å². The van der Waals surface area contributed by atoms with Crippen LogP contribution in [0.15, 0.2) is 0 Å². The molecule has 3 rings (SSSR count). The van der Waals surface area contributed by atoms with Crippen molar-refractivity contribution in [2.75, 3.05) is 34.8 Å². The van der Waals surface area contributed by atoms with Crippen LogP contribution in [0, 0.1) is 17.8 Å². The smallest absolute Gasteiger partial charge is 0.311 e. The Kier molecular flexibility index (Phi) is 18.9. The summed E-state index contributed by atoms with van der Waals surface area (Å²) in [6.07, 6.45) is -8.19. The lowest BCUT2D eigenvalue weighted by Crippen LogP contribution is -2.60. The summed E-state index contributed by atoms with van der Waals surface area (Å²) in [7, 11) is 7.12. The highest BCUT2D eigenvalue weighted by molar-refractivity contribution is 5.73. The van der Waals surface area contributed by atoms with E-state index < -0.39 is 96.0 Å². The van der Waals surface area contributed by atoms with Crippen LogP contribution in [-0.2, 0) is 33.2 Å². The first-order valence-corrected chi connectivity index (χ1v) is 19.1. The SMILES string of the molecule is CC[C@H]1OC(=O)[C@H](C)[C@H](O[C@H]2C[C@@](C)(OC)[C@@H](O)[C@H](C)O2)[C@H](C)[C@@H](O[C@@H]2O[C@H](C)C[C@H](N(C)C)[C@H]2O)[C@](C)(O)C[C@@H](C)CN(C)[C@H](C)[C@H](O)[C@]1(C)O.O.O. The van der Waals surface area contributed by atoms with Crippen molar-refractivity contribution in [2.45, 2.75) is 185 Å². The maximum absolute atomic E-state index is 14.2. The van der Waals surface area contributed by atoms with Crippen molar-refractivity contribution >= 4 is 5.97 Å². The van der Waals surface area contributed by atoms with Crippen molar-refractivity contribution in [1.82, 2.24) is 9.80 Å². The normalized spacial score (nSPS) is 47.8. The molecule has 322 valence electrons. The van der Waals surface area contributed by atoms with Crippen LogP contribution >= 0.6 is 0 Å². The van der Waals surface area contributed by atoms with E-state index in [-0.39, 0.29) is 48.3 Å². The van der Waals surface area contributed by atoms with Gasteiger partial charge in [0.25, 0.3) is 0 Å². The summed E-state index contributed by atoms with van der Waals surface area (Å²) in [5.41, 5.74) is -4.37. The Balaban J connectivity index is 0.00000729. The fourth-order valence-electron chi connectivity index (χ4n) is 8.74. The number of hydrogen-bond acceptors (Lipinski definition) is 14. The molecule has 0 unspecified atom stereocenters. The molecule has 3 heterocycles. The van der Waals surface area contributed by atoms with Gasteiger partial charge in [-0.3, -0.25) is 4.79 Å². The maximum Gasteiger partial charge on any atom is 0.311 e. The highest BCUT2D eigenvalue weighted by Crippen LogP contribution is 2.40. The molecule has 54 heavy (non-hydrogen) atoms. The number of nitrogens with zero attached hydrogens (tertiary/aromatic N) is 2. The minimum atomic E-state index is -1.80. The van der Waals surface area contributed by atoms with Gasteiger partial charge in [0.05, 0.1) is 41.5 Å². The summed E-state index contributed by atoms with van der Waals surface area (Å²) in [6, 6.07) is -0.808. The number of aliphatic hydroxyl groups is 5. The van der Waals surface area contributed by atoms with Gasteiger partial charge >= 0.3 is 5.97 Å². The first-order chi connectivity index (χ1) is 23.9. The zero-order valence-electron chi connectivity index (χ0n) is 35.2. The van der Waals surface area contributed by atoms with Crippen LogP contribution in [0.25, 0.3) is 0 Å². The number of carbonyl (C=O) groups is 1. The Labute approximate surface area is 323 Å². The van der Waals surface area contributed by atoms with Gasteiger partial charge in [0.1, 0.15) is 30.0 Å². The zero-order chi connectivity index (χ0) is 39.7. The number of hydrogen-bond donors (Lipinski definition) is 5. The van der Waals surface area contributed by atoms with E-state index in [1.165, 1.54) is 14.0 Å². The Bertz CT molecular complexity index is 1150. The van der Waals surface area contributed by atoms with Gasteiger partial charge in [-0.05, 0) is 94.8 Å². The second-order valence-electron chi connectivity index (χ2n) is 17.2. The molecule has 0 bridgehead atoms. The van der Waals surface area contributed by atoms with Gasteiger partial charge in [-0.2, -0.15) is 0 Å². The number of likely N-dealkylation sites (N-methyl/N-ethyl adjacent to an activating group) is 2. The fourth-order valence-corrected chi connectivity index (χ4v) is 8.74. The zero-order valence-corrected chi connectivity index (χ0v) is 35.2. The van der Waals surface area contributed by atoms with Crippen molar-refractivity contribution < 1.29 is 69.7 Å². The lowest BCUT2D eigenvalue weighted by atomic mass is 9.77. The van der Waals surface area contributed by atoms with Gasteiger partial charge < -0.3 is 74.7 Å². The lowest BCUT2D eigenvalue weighted by Gasteiger charge is -2.48. The molecule has 0 aromatic rings. The molecule has 9 N–H and O–H groups in total. The predicted molar refractivity (Wildman–Crippen MR) is 201 cm³/mol. The van der Waals surface area contributed by atoms with Gasteiger partial charge in [-0.1, -0.05) is 20.8 Å². The Morgan fingerprint density at radius 3 is 2.06 bits per heavy atom. The Morgan fingerprint density at radius 2 is 1.52 bits per heavy atom. The predicted octanol–water partition coefficient (Wildman–Crippen LogP) is 0.251. The molecule has 0 amide bonds. The second kappa shape index (κ2) is 20.1. The molecule has 3 saturated heterocycles. The van der Waals surface area contributed by atoms with Gasteiger partial charge in [-0.25, -0.2) is 0 Å². The van der Waals surface area contributed by atoms with Crippen LogP contribution in [-0.4, -0.2) is 177 Å². The summed E-state index contributed by atoms with van der Waals surface area (Å²) in [5, 5.41) is 58.1. The first kappa shape index (κ1) is 50.9. The van der Waals surface area contributed by atoms with Crippen LogP contribution in [0.2, 0.25) is 0 Å². The average molecular weight is 785 g/mol. The van der Waals surface area contributed by atoms with E-state index in [4.69, 9.17) is 28.4 Å². The monoisotopic (exact) mass is 785 g/mol. The topological polar surface area (TPSA) is 243 Å². The van der Waals surface area contributed by atoms with E-state index in [9.17, 15) is 30.3 Å². The van der Waals surface area contributed by atoms with Crippen LogP contribution in [0.4, 0.5) is 0 Å². The van der Waals surface area contributed by atoms with Gasteiger partial charge in [0, 0.05) is 38.1 Å². The minimum Gasteiger partial charge on any atom is -0.459 e. The quantitative estimate of drug-likeness (QED) is 0.218. The highest BCUT2D eigenvalue weighted by atomic mass is 16.7. The number of cyclic esters (lactones) is 1. The molecule has 3 fully saturated rings. The summed E-state index contributed by atoms with van der Waals surface area (Å²) < 4.78 is 37.5. The molecular formula is C38H76N2O14. The van der Waals surface area contributed by atoms with E-state index >= 15 is 0 Å². The molecule has 0 aromatic carbocycles. The number of ether oxygens (including phenoxy) is 6. The van der Waals surface area contributed by atoms with E-state index in [0.717, 1.165) is 0 Å². The van der Waals surface area contributed by atoms with Crippen LogP contribution in [0.3, 0.4) is 0 Å². The average Bonchev–Trinajstić information content (AvgIpc) is 3.05. The molecule has 16 nitrogen and oxygen atoms in total. The number of esters is 1. The van der Waals surface area contributed by atoms with Crippen LogP contribution in [0.5, 0.6) is 0 Å². The third-order valence-corrected chi connectivity index (χ3v) is 12.2.